The van der Waals surface area contributed by atoms with Crippen LogP contribution < -0.4 is 10.0 Å². The lowest BCUT2D eigenvalue weighted by molar-refractivity contribution is 0.101. The number of hydrogen-bond donors (Lipinski definition) is 2. The van der Waals surface area contributed by atoms with Crippen molar-refractivity contribution in [1.29, 1.82) is 0 Å². The molecule has 0 aliphatic heterocycles. The molecule has 0 aromatic heterocycles. The first kappa shape index (κ1) is 18.0. The molecule has 0 fully saturated rings. The lowest BCUT2D eigenvalue weighted by Gasteiger charge is -2.10. The van der Waals surface area contributed by atoms with E-state index in [0.29, 0.717) is 17.7 Å². The van der Waals surface area contributed by atoms with E-state index in [-0.39, 0.29) is 11.5 Å². The average molecular weight is 346 g/mol. The predicted molar refractivity (Wildman–Crippen MR) is 98.5 cm³/mol. The molecule has 0 atom stereocenters. The Labute approximate surface area is 143 Å². The fourth-order valence-corrected chi connectivity index (χ4v) is 3.41. The SMILES string of the molecule is CCCCS(=O)(=O)Nc1ccc(Nc2ccc(C(C)=O)cc2)cc1. The highest BCUT2D eigenvalue weighted by Gasteiger charge is 2.09. The summed E-state index contributed by atoms with van der Waals surface area (Å²) in [6, 6.07) is 14.2. The maximum Gasteiger partial charge on any atom is 0.232 e. The van der Waals surface area contributed by atoms with Crippen molar-refractivity contribution in [3.8, 4) is 0 Å². The summed E-state index contributed by atoms with van der Waals surface area (Å²) in [5.41, 5.74) is 2.90. The van der Waals surface area contributed by atoms with Crippen molar-refractivity contribution in [3.05, 3.63) is 54.1 Å². The molecule has 6 heteroatoms. The molecule has 0 aliphatic carbocycles. The Morgan fingerprint density at radius 2 is 1.42 bits per heavy atom. The normalized spacial score (nSPS) is 11.1. The lowest BCUT2D eigenvalue weighted by atomic mass is 10.1. The van der Waals surface area contributed by atoms with Gasteiger partial charge >= 0.3 is 0 Å². The maximum atomic E-state index is 11.9. The van der Waals surface area contributed by atoms with Crippen LogP contribution in [0.1, 0.15) is 37.0 Å². The van der Waals surface area contributed by atoms with Gasteiger partial charge in [-0.3, -0.25) is 9.52 Å². The van der Waals surface area contributed by atoms with Crippen molar-refractivity contribution in [1.82, 2.24) is 0 Å². The number of nitrogens with one attached hydrogen (secondary N) is 2. The molecule has 0 aliphatic rings. The van der Waals surface area contributed by atoms with E-state index >= 15 is 0 Å². The van der Waals surface area contributed by atoms with Crippen molar-refractivity contribution in [2.24, 2.45) is 0 Å². The molecule has 128 valence electrons. The second-order valence-electron chi connectivity index (χ2n) is 5.61. The summed E-state index contributed by atoms with van der Waals surface area (Å²) in [5.74, 6) is 0.160. The van der Waals surface area contributed by atoms with Gasteiger partial charge in [-0.05, 0) is 61.9 Å². The predicted octanol–water partition coefficient (Wildman–Crippen LogP) is 4.17. The number of unbranched alkanes of at least 4 members (excludes halogenated alkanes) is 1. The number of rotatable bonds is 8. The van der Waals surface area contributed by atoms with E-state index in [1.54, 1.807) is 36.4 Å². The minimum atomic E-state index is -3.28. The molecular weight excluding hydrogens is 324 g/mol. The van der Waals surface area contributed by atoms with Crippen molar-refractivity contribution in [2.45, 2.75) is 26.7 Å². The molecule has 2 aromatic carbocycles. The highest BCUT2D eigenvalue weighted by Crippen LogP contribution is 2.20. The largest absolute Gasteiger partial charge is 0.356 e. The number of carbonyl (C=O) groups is 1. The van der Waals surface area contributed by atoms with E-state index in [1.807, 2.05) is 19.1 Å². The summed E-state index contributed by atoms with van der Waals surface area (Å²) in [7, 11) is -3.28. The summed E-state index contributed by atoms with van der Waals surface area (Å²) >= 11 is 0. The van der Waals surface area contributed by atoms with Crippen molar-refractivity contribution in [2.75, 3.05) is 15.8 Å². The third kappa shape index (κ3) is 5.38. The summed E-state index contributed by atoms with van der Waals surface area (Å²) in [4.78, 5) is 11.3. The van der Waals surface area contributed by atoms with E-state index in [0.717, 1.165) is 17.8 Å². The number of ketones is 1. The zero-order valence-corrected chi connectivity index (χ0v) is 14.7. The van der Waals surface area contributed by atoms with Gasteiger partial charge in [0.1, 0.15) is 0 Å². The van der Waals surface area contributed by atoms with E-state index in [1.165, 1.54) is 6.92 Å². The van der Waals surface area contributed by atoms with Gasteiger partial charge in [0.25, 0.3) is 0 Å². The van der Waals surface area contributed by atoms with E-state index < -0.39 is 10.0 Å². The molecule has 0 unspecified atom stereocenters. The van der Waals surface area contributed by atoms with Crippen LogP contribution in [0.25, 0.3) is 0 Å². The molecule has 24 heavy (non-hydrogen) atoms. The Kier molecular flexibility index (Phi) is 5.98. The van der Waals surface area contributed by atoms with Crippen LogP contribution in [-0.2, 0) is 10.0 Å². The summed E-state index contributed by atoms with van der Waals surface area (Å²) in [5, 5.41) is 3.21. The molecule has 0 amide bonds. The number of sulfonamides is 1. The van der Waals surface area contributed by atoms with Crippen molar-refractivity contribution < 1.29 is 13.2 Å². The highest BCUT2D eigenvalue weighted by molar-refractivity contribution is 7.92. The topological polar surface area (TPSA) is 75.3 Å². The molecule has 0 saturated carbocycles. The third-order valence-electron chi connectivity index (χ3n) is 3.50. The standard InChI is InChI=1S/C18H22N2O3S/c1-3-4-13-24(22,23)20-18-11-9-17(10-12-18)19-16-7-5-15(6-8-16)14(2)21/h5-12,19-20H,3-4,13H2,1-2H3. The molecule has 5 nitrogen and oxygen atoms in total. The minimum Gasteiger partial charge on any atom is -0.356 e. The number of benzene rings is 2. The van der Waals surface area contributed by atoms with Crippen LogP contribution >= 0.6 is 0 Å². The van der Waals surface area contributed by atoms with E-state index in [2.05, 4.69) is 10.0 Å². The van der Waals surface area contributed by atoms with Crippen LogP contribution in [0.5, 0.6) is 0 Å². The van der Waals surface area contributed by atoms with Gasteiger partial charge in [0.05, 0.1) is 5.75 Å². The number of carbonyl (C=O) groups excluding carboxylic acids is 1. The zero-order chi connectivity index (χ0) is 17.6. The molecular formula is C18H22N2O3S. The second-order valence-corrected chi connectivity index (χ2v) is 7.45. The molecule has 0 heterocycles. The Balaban J connectivity index is 2.00. The molecule has 0 saturated heterocycles. The first-order valence-corrected chi connectivity index (χ1v) is 9.53. The number of Topliss-reactive ketones (excluding diaryl/α,β-unsaturated/α-hetero) is 1. The van der Waals surface area contributed by atoms with Crippen LogP contribution in [0.3, 0.4) is 0 Å². The smallest absolute Gasteiger partial charge is 0.232 e. The van der Waals surface area contributed by atoms with Crippen LogP contribution in [0.4, 0.5) is 17.1 Å². The van der Waals surface area contributed by atoms with Gasteiger partial charge in [0, 0.05) is 22.6 Å². The van der Waals surface area contributed by atoms with Crippen LogP contribution in [0.2, 0.25) is 0 Å². The first-order chi connectivity index (χ1) is 11.4. The Morgan fingerprint density at radius 3 is 1.92 bits per heavy atom. The molecule has 0 spiro atoms. The summed E-state index contributed by atoms with van der Waals surface area (Å²) in [6.07, 6.45) is 1.48. The van der Waals surface area contributed by atoms with E-state index in [9.17, 15) is 13.2 Å². The zero-order valence-electron chi connectivity index (χ0n) is 13.9. The van der Waals surface area contributed by atoms with Gasteiger partial charge in [-0.15, -0.1) is 0 Å². The van der Waals surface area contributed by atoms with Gasteiger partial charge in [-0.1, -0.05) is 13.3 Å². The lowest BCUT2D eigenvalue weighted by Crippen LogP contribution is -2.16. The quantitative estimate of drug-likeness (QED) is 0.703. The maximum absolute atomic E-state index is 11.9. The monoisotopic (exact) mass is 346 g/mol. The van der Waals surface area contributed by atoms with Gasteiger partial charge < -0.3 is 5.32 Å². The number of anilines is 3. The van der Waals surface area contributed by atoms with Gasteiger partial charge in [0.15, 0.2) is 5.78 Å². The fourth-order valence-electron chi connectivity index (χ4n) is 2.14. The highest BCUT2D eigenvalue weighted by atomic mass is 32.2. The summed E-state index contributed by atoms with van der Waals surface area (Å²) < 4.78 is 26.3. The second kappa shape index (κ2) is 7.97. The van der Waals surface area contributed by atoms with E-state index in [4.69, 9.17) is 0 Å². The minimum absolute atomic E-state index is 0.0289. The number of hydrogen-bond acceptors (Lipinski definition) is 4. The third-order valence-corrected chi connectivity index (χ3v) is 4.88. The Bertz CT molecular complexity index is 782. The van der Waals surface area contributed by atoms with Gasteiger partial charge in [-0.25, -0.2) is 8.42 Å². The molecule has 0 radical (unpaired) electrons. The Hall–Kier alpha value is -2.34. The molecule has 0 bridgehead atoms. The van der Waals surface area contributed by atoms with Crippen molar-refractivity contribution >= 4 is 32.9 Å². The van der Waals surface area contributed by atoms with Crippen LogP contribution in [0, 0.1) is 0 Å². The van der Waals surface area contributed by atoms with Gasteiger partial charge in [0.2, 0.25) is 10.0 Å². The molecule has 2 aromatic rings. The van der Waals surface area contributed by atoms with Crippen molar-refractivity contribution in [3.63, 3.8) is 0 Å². The van der Waals surface area contributed by atoms with Crippen LogP contribution in [0.15, 0.2) is 48.5 Å². The molecule has 2 N–H and O–H groups in total. The average Bonchev–Trinajstić information content (AvgIpc) is 2.55. The molecule has 2 rings (SSSR count). The van der Waals surface area contributed by atoms with Crippen LogP contribution in [-0.4, -0.2) is 20.0 Å². The Morgan fingerprint density at radius 1 is 0.917 bits per heavy atom. The fraction of sp³-hybridized carbons (Fsp3) is 0.278. The first-order valence-electron chi connectivity index (χ1n) is 7.88. The summed E-state index contributed by atoms with van der Waals surface area (Å²) in [6.45, 7) is 3.49. The van der Waals surface area contributed by atoms with Gasteiger partial charge in [-0.2, -0.15) is 0 Å².